The molecule has 0 spiro atoms. The molecule has 8 heteroatoms. The van der Waals surface area contributed by atoms with Gasteiger partial charge in [-0.15, -0.1) is 0 Å². The number of primary amides is 1. The Labute approximate surface area is 160 Å². The highest BCUT2D eigenvalue weighted by Crippen LogP contribution is 2.17. The molecule has 0 unspecified atom stereocenters. The van der Waals surface area contributed by atoms with Crippen molar-refractivity contribution in [3.63, 3.8) is 0 Å². The van der Waals surface area contributed by atoms with Crippen molar-refractivity contribution in [2.24, 2.45) is 5.73 Å². The molecule has 0 aliphatic carbocycles. The zero-order valence-electron chi connectivity index (χ0n) is 14.6. The average molecular weight is 385 g/mol. The van der Waals surface area contributed by atoms with Crippen LogP contribution in [-0.4, -0.2) is 33.5 Å². The number of likely N-dealkylation sites (N-methyl/N-ethyl adjacent to an activating group) is 1. The van der Waals surface area contributed by atoms with Gasteiger partial charge in [-0.1, -0.05) is 48.0 Å². The van der Waals surface area contributed by atoms with Gasteiger partial charge in [-0.2, -0.15) is 5.10 Å². The normalized spacial score (nSPS) is 10.7. The number of rotatable bonds is 5. The van der Waals surface area contributed by atoms with E-state index in [0.29, 0.717) is 10.4 Å². The zero-order valence-corrected chi connectivity index (χ0v) is 15.3. The SMILES string of the molecule is CN(Cc1ccccc1Cl)C(=O)Cn1nc(C(N)=O)c2ccccc2c1=O. The maximum atomic E-state index is 12.6. The molecule has 7 nitrogen and oxygen atoms in total. The fourth-order valence-electron chi connectivity index (χ4n) is 2.74. The summed E-state index contributed by atoms with van der Waals surface area (Å²) in [5, 5.41) is 5.20. The van der Waals surface area contributed by atoms with E-state index >= 15 is 0 Å². The van der Waals surface area contributed by atoms with E-state index in [1.54, 1.807) is 43.4 Å². The molecule has 0 atom stereocenters. The lowest BCUT2D eigenvalue weighted by Gasteiger charge is -2.18. The van der Waals surface area contributed by atoms with Crippen molar-refractivity contribution in [3.8, 4) is 0 Å². The molecule has 2 aromatic carbocycles. The van der Waals surface area contributed by atoms with Crippen LogP contribution >= 0.6 is 11.6 Å². The molecule has 138 valence electrons. The Hall–Kier alpha value is -3.19. The largest absolute Gasteiger partial charge is 0.364 e. The van der Waals surface area contributed by atoms with Crippen LogP contribution in [0.25, 0.3) is 10.8 Å². The molecule has 1 aromatic heterocycles. The van der Waals surface area contributed by atoms with Gasteiger partial charge in [0.2, 0.25) is 5.91 Å². The van der Waals surface area contributed by atoms with Crippen molar-refractivity contribution < 1.29 is 9.59 Å². The van der Waals surface area contributed by atoms with Crippen molar-refractivity contribution in [2.45, 2.75) is 13.1 Å². The minimum atomic E-state index is -0.767. The number of halogens is 1. The number of aromatic nitrogens is 2. The molecule has 0 fully saturated rings. The smallest absolute Gasteiger partial charge is 0.275 e. The van der Waals surface area contributed by atoms with E-state index in [-0.39, 0.29) is 30.1 Å². The van der Waals surface area contributed by atoms with Crippen LogP contribution in [0.15, 0.2) is 53.3 Å². The summed E-state index contributed by atoms with van der Waals surface area (Å²) in [6, 6.07) is 13.7. The van der Waals surface area contributed by atoms with Crippen LogP contribution in [-0.2, 0) is 17.9 Å². The Morgan fingerprint density at radius 3 is 2.41 bits per heavy atom. The summed E-state index contributed by atoms with van der Waals surface area (Å²) in [4.78, 5) is 38.3. The van der Waals surface area contributed by atoms with E-state index < -0.39 is 11.5 Å². The van der Waals surface area contributed by atoms with Crippen LogP contribution in [0.3, 0.4) is 0 Å². The highest BCUT2D eigenvalue weighted by molar-refractivity contribution is 6.31. The summed E-state index contributed by atoms with van der Waals surface area (Å²) in [5.74, 6) is -1.12. The first-order chi connectivity index (χ1) is 12.9. The second-order valence-corrected chi connectivity index (χ2v) is 6.47. The van der Waals surface area contributed by atoms with Gasteiger partial charge in [-0.3, -0.25) is 14.4 Å². The minimum absolute atomic E-state index is 0.0493. The summed E-state index contributed by atoms with van der Waals surface area (Å²) < 4.78 is 0.966. The summed E-state index contributed by atoms with van der Waals surface area (Å²) >= 11 is 6.12. The van der Waals surface area contributed by atoms with Gasteiger partial charge in [-0.05, 0) is 17.7 Å². The van der Waals surface area contributed by atoms with Crippen molar-refractivity contribution in [1.29, 1.82) is 0 Å². The van der Waals surface area contributed by atoms with Gasteiger partial charge in [0, 0.05) is 24.0 Å². The molecule has 0 saturated heterocycles. The van der Waals surface area contributed by atoms with Crippen molar-refractivity contribution in [1.82, 2.24) is 14.7 Å². The fraction of sp³-hybridized carbons (Fsp3) is 0.158. The molecule has 0 radical (unpaired) electrons. The van der Waals surface area contributed by atoms with Crippen molar-refractivity contribution in [2.75, 3.05) is 7.05 Å². The molecule has 1 heterocycles. The van der Waals surface area contributed by atoms with E-state index in [4.69, 9.17) is 17.3 Å². The van der Waals surface area contributed by atoms with E-state index in [1.807, 2.05) is 12.1 Å². The van der Waals surface area contributed by atoms with Crippen LogP contribution in [0.2, 0.25) is 5.02 Å². The van der Waals surface area contributed by atoms with Crippen LogP contribution in [0.4, 0.5) is 0 Å². The third-order valence-electron chi connectivity index (χ3n) is 4.18. The Morgan fingerprint density at radius 2 is 1.74 bits per heavy atom. The predicted molar refractivity (Wildman–Crippen MR) is 102 cm³/mol. The maximum absolute atomic E-state index is 12.6. The van der Waals surface area contributed by atoms with Gasteiger partial charge >= 0.3 is 0 Å². The number of hydrogen-bond acceptors (Lipinski definition) is 4. The highest BCUT2D eigenvalue weighted by atomic mass is 35.5. The van der Waals surface area contributed by atoms with Crippen molar-refractivity contribution in [3.05, 3.63) is 75.2 Å². The second-order valence-electron chi connectivity index (χ2n) is 6.06. The summed E-state index contributed by atoms with van der Waals surface area (Å²) in [6.07, 6.45) is 0. The number of fused-ring (bicyclic) bond motifs is 1. The van der Waals surface area contributed by atoms with Gasteiger partial charge < -0.3 is 10.6 Å². The fourth-order valence-corrected chi connectivity index (χ4v) is 2.94. The van der Waals surface area contributed by atoms with E-state index in [2.05, 4.69) is 5.10 Å². The van der Waals surface area contributed by atoms with Crippen LogP contribution in [0.5, 0.6) is 0 Å². The average Bonchev–Trinajstić information content (AvgIpc) is 2.65. The number of benzene rings is 2. The molecule has 0 saturated carbocycles. The zero-order chi connectivity index (χ0) is 19.6. The van der Waals surface area contributed by atoms with Gasteiger partial charge in [-0.25, -0.2) is 4.68 Å². The monoisotopic (exact) mass is 384 g/mol. The quantitative estimate of drug-likeness (QED) is 0.725. The van der Waals surface area contributed by atoms with Gasteiger partial charge in [0.25, 0.3) is 11.5 Å². The molecular formula is C19H17ClN4O3. The van der Waals surface area contributed by atoms with E-state index in [1.165, 1.54) is 4.90 Å². The number of amides is 2. The topological polar surface area (TPSA) is 98.3 Å². The molecule has 27 heavy (non-hydrogen) atoms. The van der Waals surface area contributed by atoms with Crippen molar-refractivity contribution >= 4 is 34.2 Å². The van der Waals surface area contributed by atoms with E-state index in [0.717, 1.165) is 10.2 Å². The summed E-state index contributed by atoms with van der Waals surface area (Å²) in [6.45, 7) is -0.0333. The molecule has 2 N–H and O–H groups in total. The number of hydrogen-bond donors (Lipinski definition) is 1. The Morgan fingerprint density at radius 1 is 1.11 bits per heavy atom. The van der Waals surface area contributed by atoms with Crippen LogP contribution < -0.4 is 11.3 Å². The summed E-state index contributed by atoms with van der Waals surface area (Å²) in [5.41, 5.74) is 5.65. The number of nitrogens with zero attached hydrogens (tertiary/aromatic N) is 3. The first-order valence-electron chi connectivity index (χ1n) is 8.15. The van der Waals surface area contributed by atoms with Gasteiger partial charge in [0.15, 0.2) is 5.69 Å². The molecular weight excluding hydrogens is 368 g/mol. The predicted octanol–water partition coefficient (Wildman–Crippen LogP) is 1.81. The molecule has 0 bridgehead atoms. The lowest BCUT2D eigenvalue weighted by atomic mass is 10.1. The standard InChI is InChI=1S/C19H17ClN4O3/c1-23(10-12-6-2-5-9-15(12)20)16(25)11-24-19(27)14-8-4-3-7-13(14)17(22-24)18(21)26/h2-9H,10-11H2,1H3,(H2,21,26). The molecule has 2 amide bonds. The number of nitrogens with two attached hydrogens (primary N) is 1. The number of carbonyl (C=O) groups is 2. The van der Waals surface area contributed by atoms with Crippen LogP contribution in [0.1, 0.15) is 16.1 Å². The maximum Gasteiger partial charge on any atom is 0.275 e. The molecule has 3 rings (SSSR count). The third-order valence-corrected chi connectivity index (χ3v) is 4.55. The van der Waals surface area contributed by atoms with Crippen LogP contribution in [0, 0.1) is 0 Å². The Bertz CT molecular complexity index is 1090. The first-order valence-corrected chi connectivity index (χ1v) is 8.53. The van der Waals surface area contributed by atoms with Gasteiger partial charge in [0.05, 0.1) is 5.39 Å². The Kier molecular flexibility index (Phi) is 5.23. The lowest BCUT2D eigenvalue weighted by Crippen LogP contribution is -2.36. The summed E-state index contributed by atoms with van der Waals surface area (Å²) in [7, 11) is 1.60. The minimum Gasteiger partial charge on any atom is -0.364 e. The first kappa shape index (κ1) is 18.6. The Balaban J connectivity index is 1.91. The number of carbonyl (C=O) groups excluding carboxylic acids is 2. The third kappa shape index (κ3) is 3.83. The second kappa shape index (κ2) is 7.59. The van der Waals surface area contributed by atoms with E-state index in [9.17, 15) is 14.4 Å². The highest BCUT2D eigenvalue weighted by Gasteiger charge is 2.18. The molecule has 0 aliphatic rings. The van der Waals surface area contributed by atoms with Gasteiger partial charge in [0.1, 0.15) is 6.54 Å². The molecule has 3 aromatic rings. The molecule has 0 aliphatic heterocycles. The lowest BCUT2D eigenvalue weighted by molar-refractivity contribution is -0.131.